The molecule has 0 saturated carbocycles. The van der Waals surface area contributed by atoms with Gasteiger partial charge >= 0.3 is 12.0 Å². The number of nitrogens with one attached hydrogen (secondary N) is 2. The molecule has 1 unspecified atom stereocenters. The smallest absolute Gasteiger partial charge is 0.333 e. The standard InChI is InChI=1S/C19H15ClIN3O4/c20-11-6-7-13(21)16(10-11)22-15(18(26)27)9-8-14-17(25)24(19(28)23-14)12-4-2-1-3-5-12/h1-8,10,15,22H,9H2,(H,23,28)(H,26,27)/b14-8-. The second-order valence-electron chi connectivity index (χ2n) is 5.92. The van der Waals surface area contributed by atoms with Gasteiger partial charge in [-0.2, -0.15) is 0 Å². The van der Waals surface area contributed by atoms with Crippen molar-refractivity contribution in [1.82, 2.24) is 5.32 Å². The number of benzene rings is 2. The van der Waals surface area contributed by atoms with E-state index in [9.17, 15) is 19.5 Å². The van der Waals surface area contributed by atoms with Gasteiger partial charge in [0.05, 0.1) is 5.69 Å². The molecule has 0 aliphatic carbocycles. The number of nitrogens with zero attached hydrogens (tertiary/aromatic N) is 1. The zero-order chi connectivity index (χ0) is 20.3. The van der Waals surface area contributed by atoms with E-state index in [1.807, 2.05) is 0 Å². The first kappa shape index (κ1) is 20.2. The van der Waals surface area contributed by atoms with Crippen molar-refractivity contribution in [2.75, 3.05) is 10.2 Å². The summed E-state index contributed by atoms with van der Waals surface area (Å²) in [6, 6.07) is 12.0. The Morgan fingerprint density at radius 3 is 2.64 bits per heavy atom. The first-order valence-corrected chi connectivity index (χ1v) is 9.67. The van der Waals surface area contributed by atoms with Crippen LogP contribution < -0.4 is 15.5 Å². The molecule has 1 saturated heterocycles. The second-order valence-corrected chi connectivity index (χ2v) is 7.52. The van der Waals surface area contributed by atoms with Crippen molar-refractivity contribution in [1.29, 1.82) is 0 Å². The molecule has 0 bridgehead atoms. The molecule has 1 fully saturated rings. The molecule has 1 aliphatic heterocycles. The van der Waals surface area contributed by atoms with Gasteiger partial charge < -0.3 is 15.7 Å². The number of carbonyl (C=O) groups is 3. The fourth-order valence-corrected chi connectivity index (χ4v) is 3.30. The maximum absolute atomic E-state index is 12.5. The number of para-hydroxylation sites is 1. The van der Waals surface area contributed by atoms with Crippen LogP contribution in [0, 0.1) is 3.57 Å². The van der Waals surface area contributed by atoms with Gasteiger partial charge in [0.25, 0.3) is 5.91 Å². The molecule has 3 N–H and O–H groups in total. The first-order valence-electron chi connectivity index (χ1n) is 8.22. The van der Waals surface area contributed by atoms with Crippen LogP contribution in [0.3, 0.4) is 0 Å². The molecule has 1 aliphatic rings. The number of carboxylic acids is 1. The second kappa shape index (κ2) is 8.61. The summed E-state index contributed by atoms with van der Waals surface area (Å²) in [7, 11) is 0. The van der Waals surface area contributed by atoms with E-state index in [0.29, 0.717) is 16.4 Å². The number of hydrogen-bond acceptors (Lipinski definition) is 4. The zero-order valence-electron chi connectivity index (χ0n) is 14.4. The van der Waals surface area contributed by atoms with Crippen LogP contribution in [0.2, 0.25) is 5.02 Å². The van der Waals surface area contributed by atoms with Crippen LogP contribution in [0.25, 0.3) is 0 Å². The van der Waals surface area contributed by atoms with Gasteiger partial charge in [0.1, 0.15) is 11.7 Å². The summed E-state index contributed by atoms with van der Waals surface area (Å²) in [5.41, 5.74) is 1.06. The minimum atomic E-state index is -1.09. The number of amides is 3. The maximum atomic E-state index is 12.5. The highest BCUT2D eigenvalue weighted by Crippen LogP contribution is 2.25. The Balaban J connectivity index is 1.77. The predicted molar refractivity (Wildman–Crippen MR) is 114 cm³/mol. The number of rotatable bonds is 6. The van der Waals surface area contributed by atoms with Gasteiger partial charge in [0, 0.05) is 14.3 Å². The summed E-state index contributed by atoms with van der Waals surface area (Å²) in [5.74, 6) is -1.62. The summed E-state index contributed by atoms with van der Waals surface area (Å²) in [6.45, 7) is 0. The van der Waals surface area contributed by atoms with Crippen LogP contribution in [0.1, 0.15) is 6.42 Å². The van der Waals surface area contributed by atoms with E-state index >= 15 is 0 Å². The lowest BCUT2D eigenvalue weighted by molar-refractivity contribution is -0.137. The van der Waals surface area contributed by atoms with E-state index in [0.717, 1.165) is 8.47 Å². The van der Waals surface area contributed by atoms with Crippen LogP contribution in [0.15, 0.2) is 60.3 Å². The van der Waals surface area contributed by atoms with Gasteiger partial charge in [0.2, 0.25) is 0 Å². The minimum absolute atomic E-state index is 0.0120. The predicted octanol–water partition coefficient (Wildman–Crippen LogP) is 3.84. The van der Waals surface area contributed by atoms with Crippen molar-refractivity contribution in [3.8, 4) is 0 Å². The van der Waals surface area contributed by atoms with Gasteiger partial charge in [0.15, 0.2) is 0 Å². The molecule has 28 heavy (non-hydrogen) atoms. The molecule has 7 nitrogen and oxygen atoms in total. The summed E-state index contributed by atoms with van der Waals surface area (Å²) in [6.07, 6.45) is 1.40. The highest BCUT2D eigenvalue weighted by Gasteiger charge is 2.35. The van der Waals surface area contributed by atoms with E-state index in [1.54, 1.807) is 48.5 Å². The SMILES string of the molecule is O=C(O)C(C/C=C1\NC(=O)N(c2ccccc2)C1=O)Nc1cc(Cl)ccc1I. The normalized spacial score (nSPS) is 16.2. The first-order chi connectivity index (χ1) is 13.4. The molecular weight excluding hydrogens is 497 g/mol. The lowest BCUT2D eigenvalue weighted by Gasteiger charge is -2.16. The highest BCUT2D eigenvalue weighted by atomic mass is 127. The van der Waals surface area contributed by atoms with Crippen molar-refractivity contribution in [2.24, 2.45) is 0 Å². The molecule has 2 aromatic carbocycles. The molecule has 0 aromatic heterocycles. The zero-order valence-corrected chi connectivity index (χ0v) is 17.3. The molecule has 0 radical (unpaired) electrons. The third-order valence-corrected chi connectivity index (χ3v) is 5.18. The molecule has 3 amide bonds. The van der Waals surface area contributed by atoms with E-state index in [1.165, 1.54) is 6.08 Å². The van der Waals surface area contributed by atoms with Crippen molar-refractivity contribution >= 4 is 63.5 Å². The molecular formula is C19H15ClIN3O4. The number of urea groups is 1. The number of halogens is 2. The number of imide groups is 1. The number of hydrogen-bond donors (Lipinski definition) is 3. The van der Waals surface area contributed by atoms with Crippen LogP contribution in [0.4, 0.5) is 16.2 Å². The molecule has 144 valence electrons. The Hall–Kier alpha value is -2.59. The van der Waals surface area contributed by atoms with Crippen LogP contribution >= 0.6 is 34.2 Å². The van der Waals surface area contributed by atoms with Crippen molar-refractivity contribution in [2.45, 2.75) is 12.5 Å². The third-order valence-electron chi connectivity index (χ3n) is 4.01. The van der Waals surface area contributed by atoms with E-state index in [-0.39, 0.29) is 12.1 Å². The van der Waals surface area contributed by atoms with Gasteiger partial charge in [-0.25, -0.2) is 14.5 Å². The fraction of sp³-hybridized carbons (Fsp3) is 0.105. The third kappa shape index (κ3) is 4.45. The van der Waals surface area contributed by atoms with Gasteiger partial charge in [-0.3, -0.25) is 4.79 Å². The van der Waals surface area contributed by atoms with E-state index < -0.39 is 23.9 Å². The Morgan fingerprint density at radius 2 is 1.96 bits per heavy atom. The Bertz CT molecular complexity index is 965. The monoisotopic (exact) mass is 511 g/mol. The number of carboxylic acid groups (broad SMARTS) is 1. The van der Waals surface area contributed by atoms with Crippen LogP contribution in [-0.2, 0) is 9.59 Å². The Kier molecular flexibility index (Phi) is 6.20. The fourth-order valence-electron chi connectivity index (χ4n) is 2.64. The average Bonchev–Trinajstić information content (AvgIpc) is 2.95. The Labute approximate surface area is 179 Å². The largest absolute Gasteiger partial charge is 0.480 e. The van der Waals surface area contributed by atoms with Crippen LogP contribution in [0.5, 0.6) is 0 Å². The summed E-state index contributed by atoms with van der Waals surface area (Å²) in [5, 5.41) is 15.4. The van der Waals surface area contributed by atoms with E-state index in [2.05, 4.69) is 33.2 Å². The lowest BCUT2D eigenvalue weighted by Crippen LogP contribution is -2.30. The molecule has 0 spiro atoms. The average molecular weight is 512 g/mol. The molecule has 1 heterocycles. The van der Waals surface area contributed by atoms with Crippen molar-refractivity contribution < 1.29 is 19.5 Å². The van der Waals surface area contributed by atoms with Crippen LogP contribution in [-0.4, -0.2) is 29.1 Å². The quantitative estimate of drug-likeness (QED) is 0.311. The summed E-state index contributed by atoms with van der Waals surface area (Å²) < 4.78 is 0.807. The minimum Gasteiger partial charge on any atom is -0.480 e. The van der Waals surface area contributed by atoms with Gasteiger partial charge in [-0.05, 0) is 59.3 Å². The van der Waals surface area contributed by atoms with E-state index in [4.69, 9.17) is 11.6 Å². The summed E-state index contributed by atoms with van der Waals surface area (Å²) in [4.78, 5) is 37.3. The van der Waals surface area contributed by atoms with Crippen molar-refractivity contribution in [3.63, 3.8) is 0 Å². The van der Waals surface area contributed by atoms with Gasteiger partial charge in [-0.15, -0.1) is 0 Å². The molecule has 3 rings (SSSR count). The van der Waals surface area contributed by atoms with Crippen molar-refractivity contribution in [3.05, 3.63) is 68.9 Å². The molecule has 1 atom stereocenters. The molecule has 9 heteroatoms. The number of carbonyl (C=O) groups excluding carboxylic acids is 2. The summed E-state index contributed by atoms with van der Waals surface area (Å²) >= 11 is 8.04. The lowest BCUT2D eigenvalue weighted by atomic mass is 10.1. The van der Waals surface area contributed by atoms with Gasteiger partial charge in [-0.1, -0.05) is 35.9 Å². The highest BCUT2D eigenvalue weighted by molar-refractivity contribution is 14.1. The number of anilines is 2. The Morgan fingerprint density at radius 1 is 1.25 bits per heavy atom. The topological polar surface area (TPSA) is 98.7 Å². The maximum Gasteiger partial charge on any atom is 0.333 e. The molecule has 2 aromatic rings. The number of aliphatic carboxylic acids is 1.